The molecule has 6 heteroatoms. The normalized spacial score (nSPS) is 11.2. The van der Waals surface area contributed by atoms with E-state index in [1.54, 1.807) is 19.1 Å². The molecule has 0 aliphatic carbocycles. The molecule has 0 radical (unpaired) electrons. The molecule has 4 aromatic rings. The molecule has 0 N–H and O–H groups in total. The molecule has 0 aliphatic rings. The average molecular weight is 376 g/mol. The lowest BCUT2D eigenvalue weighted by Gasteiger charge is -2.09. The second kappa shape index (κ2) is 6.64. The molecule has 0 spiro atoms. The summed E-state index contributed by atoms with van der Waals surface area (Å²) in [6, 6.07) is 9.26. The maximum absolute atomic E-state index is 13.0. The molecule has 0 bridgehead atoms. The molecule has 3 aromatic heterocycles. The van der Waals surface area contributed by atoms with E-state index in [0.29, 0.717) is 39.6 Å². The minimum Gasteiger partial charge on any atom is -0.466 e. The van der Waals surface area contributed by atoms with Crippen LogP contribution in [0, 0.1) is 34.6 Å². The monoisotopic (exact) mass is 376 g/mol. The highest BCUT2D eigenvalue weighted by Gasteiger charge is 2.22. The molecule has 0 atom stereocenters. The molecule has 4 rings (SSSR count). The summed E-state index contributed by atoms with van der Waals surface area (Å²) >= 11 is 0. The Hall–Kier alpha value is -3.41. The van der Waals surface area contributed by atoms with Crippen molar-refractivity contribution in [2.45, 2.75) is 34.6 Å². The Morgan fingerprint density at radius 2 is 1.82 bits per heavy atom. The summed E-state index contributed by atoms with van der Waals surface area (Å²) in [7, 11) is 0. The zero-order valence-electron chi connectivity index (χ0n) is 16.4. The van der Waals surface area contributed by atoms with E-state index >= 15 is 0 Å². The van der Waals surface area contributed by atoms with Crippen molar-refractivity contribution in [3.63, 3.8) is 0 Å². The van der Waals surface area contributed by atoms with Crippen LogP contribution in [0.3, 0.4) is 0 Å². The molecule has 0 amide bonds. The fourth-order valence-electron chi connectivity index (χ4n) is 3.35. The predicted molar refractivity (Wildman–Crippen MR) is 105 cm³/mol. The van der Waals surface area contributed by atoms with E-state index in [-0.39, 0.29) is 0 Å². The van der Waals surface area contributed by atoms with Crippen molar-refractivity contribution >= 4 is 17.1 Å². The average Bonchev–Trinajstić information content (AvgIpc) is 3.18. The summed E-state index contributed by atoms with van der Waals surface area (Å²) in [5, 5.41) is 4.52. The van der Waals surface area contributed by atoms with Gasteiger partial charge >= 0.3 is 5.97 Å². The van der Waals surface area contributed by atoms with Gasteiger partial charge in [0.15, 0.2) is 0 Å². The van der Waals surface area contributed by atoms with Crippen LogP contribution in [0.25, 0.3) is 22.4 Å². The lowest BCUT2D eigenvalue weighted by molar-refractivity contribution is 0.0735. The van der Waals surface area contributed by atoms with Crippen LogP contribution >= 0.6 is 0 Å². The molecule has 0 saturated carbocycles. The van der Waals surface area contributed by atoms with Gasteiger partial charge < -0.3 is 13.7 Å². The maximum Gasteiger partial charge on any atom is 0.344 e. The van der Waals surface area contributed by atoms with Gasteiger partial charge in [0.25, 0.3) is 5.71 Å². The Kier molecular flexibility index (Phi) is 4.26. The Morgan fingerprint density at radius 3 is 2.50 bits per heavy atom. The number of esters is 1. The number of hydrogen-bond donors (Lipinski definition) is 0. The van der Waals surface area contributed by atoms with Gasteiger partial charge in [0.05, 0.1) is 22.3 Å². The fourth-order valence-corrected chi connectivity index (χ4v) is 3.35. The number of ether oxygens (including phenoxy) is 1. The smallest absolute Gasteiger partial charge is 0.344 e. The largest absolute Gasteiger partial charge is 0.466 e. The van der Waals surface area contributed by atoms with Crippen molar-refractivity contribution in [2.75, 3.05) is 0 Å². The Bertz CT molecular complexity index is 1220. The van der Waals surface area contributed by atoms with Gasteiger partial charge in [-0.05, 0) is 58.4 Å². The van der Waals surface area contributed by atoms with E-state index < -0.39 is 5.97 Å². The second-order valence-corrected chi connectivity index (χ2v) is 6.99. The third kappa shape index (κ3) is 3.07. The first-order valence-corrected chi connectivity index (χ1v) is 8.97. The summed E-state index contributed by atoms with van der Waals surface area (Å²) in [5.41, 5.74) is 4.60. The SMILES string of the molecule is Cc1ccc(OC(=O)c2cc(-c3cc(C)oc3C)nc3onc(C)c23)c(C)c1. The van der Waals surface area contributed by atoms with Crippen LogP contribution in [0.15, 0.2) is 39.3 Å². The molecule has 0 saturated heterocycles. The van der Waals surface area contributed by atoms with Gasteiger partial charge in [0, 0.05) is 5.56 Å². The Balaban J connectivity index is 1.83. The van der Waals surface area contributed by atoms with Gasteiger partial charge in [0.2, 0.25) is 0 Å². The van der Waals surface area contributed by atoms with Gasteiger partial charge in [-0.1, -0.05) is 22.9 Å². The number of carbonyl (C=O) groups is 1. The van der Waals surface area contributed by atoms with Crippen molar-refractivity contribution < 1.29 is 18.5 Å². The number of furan rings is 1. The quantitative estimate of drug-likeness (QED) is 0.359. The minimum atomic E-state index is -0.482. The summed E-state index contributed by atoms with van der Waals surface area (Å²) in [6.45, 7) is 9.39. The zero-order chi connectivity index (χ0) is 20.0. The summed E-state index contributed by atoms with van der Waals surface area (Å²) in [6.07, 6.45) is 0. The third-order valence-corrected chi connectivity index (χ3v) is 4.69. The van der Waals surface area contributed by atoms with Crippen molar-refractivity contribution in [1.29, 1.82) is 0 Å². The van der Waals surface area contributed by atoms with E-state index in [4.69, 9.17) is 13.7 Å². The standard InChI is InChI=1S/C22H20N2O4/c1-11-6-7-19(12(2)8-11)27-22(25)17-10-18(16-9-13(3)26-15(16)5)23-21-20(17)14(4)24-28-21/h6-10H,1-5H3. The van der Waals surface area contributed by atoms with Crippen molar-refractivity contribution in [1.82, 2.24) is 10.1 Å². The molecule has 28 heavy (non-hydrogen) atoms. The van der Waals surface area contributed by atoms with Gasteiger partial charge in [-0.2, -0.15) is 0 Å². The first kappa shape index (κ1) is 18.0. The topological polar surface area (TPSA) is 78.4 Å². The van der Waals surface area contributed by atoms with Crippen LogP contribution in [-0.4, -0.2) is 16.1 Å². The molecule has 142 valence electrons. The van der Waals surface area contributed by atoms with Crippen LogP contribution in [0.4, 0.5) is 0 Å². The molecule has 0 unspecified atom stereocenters. The number of aromatic nitrogens is 2. The van der Waals surface area contributed by atoms with Gasteiger partial charge in [-0.25, -0.2) is 9.78 Å². The van der Waals surface area contributed by atoms with Crippen LogP contribution in [0.1, 0.15) is 38.7 Å². The number of aryl methyl sites for hydroxylation is 5. The fraction of sp³-hybridized carbons (Fsp3) is 0.227. The highest BCUT2D eigenvalue weighted by Crippen LogP contribution is 2.31. The zero-order valence-corrected chi connectivity index (χ0v) is 16.4. The predicted octanol–water partition coefficient (Wildman–Crippen LogP) is 5.24. The first-order valence-electron chi connectivity index (χ1n) is 8.97. The highest BCUT2D eigenvalue weighted by molar-refractivity contribution is 6.05. The molecule has 0 fully saturated rings. The van der Waals surface area contributed by atoms with E-state index in [1.165, 1.54) is 0 Å². The highest BCUT2D eigenvalue weighted by atomic mass is 16.5. The minimum absolute atomic E-state index is 0.292. The van der Waals surface area contributed by atoms with E-state index in [1.807, 2.05) is 45.9 Å². The van der Waals surface area contributed by atoms with Crippen LogP contribution in [0.5, 0.6) is 5.75 Å². The van der Waals surface area contributed by atoms with Crippen LogP contribution in [-0.2, 0) is 0 Å². The van der Waals surface area contributed by atoms with E-state index in [0.717, 1.165) is 22.5 Å². The Labute approximate surface area is 162 Å². The lowest BCUT2D eigenvalue weighted by Crippen LogP contribution is -2.11. The van der Waals surface area contributed by atoms with Crippen LogP contribution < -0.4 is 4.74 Å². The van der Waals surface area contributed by atoms with Gasteiger partial charge in [-0.15, -0.1) is 0 Å². The van der Waals surface area contributed by atoms with E-state index in [9.17, 15) is 4.79 Å². The molecular formula is C22H20N2O4. The second-order valence-electron chi connectivity index (χ2n) is 6.99. The first-order chi connectivity index (χ1) is 13.3. The number of hydrogen-bond acceptors (Lipinski definition) is 6. The molecule has 0 aliphatic heterocycles. The number of fused-ring (bicyclic) bond motifs is 1. The molecule has 1 aromatic carbocycles. The summed E-state index contributed by atoms with van der Waals surface area (Å²) < 4.78 is 16.6. The number of nitrogens with zero attached hydrogens (tertiary/aromatic N) is 2. The maximum atomic E-state index is 13.0. The van der Waals surface area contributed by atoms with Crippen molar-refractivity contribution in [2.24, 2.45) is 0 Å². The summed E-state index contributed by atoms with van der Waals surface area (Å²) in [5.74, 6) is 1.52. The van der Waals surface area contributed by atoms with Gasteiger partial charge in [0.1, 0.15) is 17.3 Å². The lowest BCUT2D eigenvalue weighted by atomic mass is 10.1. The van der Waals surface area contributed by atoms with Crippen molar-refractivity contribution in [3.05, 3.63) is 64.2 Å². The molecule has 3 heterocycles. The number of carbonyl (C=O) groups excluding carboxylic acids is 1. The number of rotatable bonds is 3. The van der Waals surface area contributed by atoms with Crippen LogP contribution in [0.2, 0.25) is 0 Å². The summed E-state index contributed by atoms with van der Waals surface area (Å²) in [4.78, 5) is 17.6. The van der Waals surface area contributed by atoms with Crippen molar-refractivity contribution in [3.8, 4) is 17.0 Å². The number of benzene rings is 1. The molecule has 6 nitrogen and oxygen atoms in total. The third-order valence-electron chi connectivity index (χ3n) is 4.69. The Morgan fingerprint density at radius 1 is 1.04 bits per heavy atom. The number of pyridine rings is 1. The van der Waals surface area contributed by atoms with Gasteiger partial charge in [-0.3, -0.25) is 0 Å². The van der Waals surface area contributed by atoms with E-state index in [2.05, 4.69) is 10.1 Å². The molecular weight excluding hydrogens is 356 g/mol.